The van der Waals surface area contributed by atoms with Gasteiger partial charge in [-0.05, 0) is 12.1 Å². The molecular weight excluding hydrogens is 203 g/mol. The third-order valence-corrected chi connectivity index (χ3v) is 2.47. The van der Waals surface area contributed by atoms with Crippen molar-refractivity contribution in [1.82, 2.24) is 4.98 Å². The van der Waals surface area contributed by atoms with Crippen LogP contribution in [0.15, 0.2) is 18.3 Å². The van der Waals surface area contributed by atoms with Crippen molar-refractivity contribution in [3.8, 4) is 0 Å². The zero-order valence-electron chi connectivity index (χ0n) is 7.94. The molecule has 1 N–H and O–H groups in total. The van der Waals surface area contributed by atoms with E-state index in [0.717, 1.165) is 10.9 Å². The second-order valence-electron chi connectivity index (χ2n) is 3.35. The summed E-state index contributed by atoms with van der Waals surface area (Å²) >= 11 is 5.97. The van der Waals surface area contributed by atoms with Gasteiger partial charge in [-0.25, -0.2) is 4.39 Å². The summed E-state index contributed by atoms with van der Waals surface area (Å²) in [7, 11) is 3.59. The van der Waals surface area contributed by atoms with E-state index < -0.39 is 0 Å². The number of nitrogens with zero attached hydrogens (tertiary/aromatic N) is 1. The summed E-state index contributed by atoms with van der Waals surface area (Å²) in [6.07, 6.45) is 1.67. The molecule has 0 aliphatic rings. The van der Waals surface area contributed by atoms with Crippen molar-refractivity contribution in [1.29, 1.82) is 0 Å². The van der Waals surface area contributed by atoms with Crippen molar-refractivity contribution in [3.05, 3.63) is 29.2 Å². The molecule has 0 spiro atoms. The molecule has 0 aliphatic heterocycles. The Morgan fingerprint density at radius 2 is 2.07 bits per heavy atom. The summed E-state index contributed by atoms with van der Waals surface area (Å²) in [5.41, 5.74) is 1.37. The van der Waals surface area contributed by atoms with Gasteiger partial charge in [0, 0.05) is 31.2 Å². The van der Waals surface area contributed by atoms with Crippen molar-refractivity contribution in [3.63, 3.8) is 0 Å². The topological polar surface area (TPSA) is 19.0 Å². The van der Waals surface area contributed by atoms with Crippen LogP contribution < -0.4 is 4.90 Å². The number of benzene rings is 1. The number of hydrogen-bond donors (Lipinski definition) is 1. The fourth-order valence-electron chi connectivity index (χ4n) is 1.58. The van der Waals surface area contributed by atoms with Gasteiger partial charge in [-0.2, -0.15) is 0 Å². The molecule has 0 radical (unpaired) electrons. The van der Waals surface area contributed by atoms with E-state index in [1.807, 2.05) is 0 Å². The predicted molar refractivity (Wildman–Crippen MR) is 57.6 cm³/mol. The minimum absolute atomic E-state index is 0.260. The lowest BCUT2D eigenvalue weighted by molar-refractivity contribution is 0.628. The van der Waals surface area contributed by atoms with Gasteiger partial charge in [-0.1, -0.05) is 11.6 Å². The SMILES string of the molecule is CN(C)c1c(F)ccc2[nH]cc(Cl)c12. The Morgan fingerprint density at radius 1 is 1.36 bits per heavy atom. The van der Waals surface area contributed by atoms with Crippen LogP contribution in [0.4, 0.5) is 10.1 Å². The molecule has 0 saturated carbocycles. The first-order valence-corrected chi connectivity index (χ1v) is 4.61. The first kappa shape index (κ1) is 9.34. The molecule has 1 aromatic heterocycles. The summed E-state index contributed by atoms with van der Waals surface area (Å²) in [5.74, 6) is -0.260. The van der Waals surface area contributed by atoms with E-state index in [1.165, 1.54) is 6.07 Å². The van der Waals surface area contributed by atoms with Gasteiger partial charge in [0.25, 0.3) is 0 Å². The van der Waals surface area contributed by atoms with Crippen molar-refractivity contribution < 1.29 is 4.39 Å². The summed E-state index contributed by atoms with van der Waals surface area (Å²) in [6.45, 7) is 0. The Kier molecular flexibility index (Phi) is 2.11. The number of aromatic nitrogens is 1. The molecule has 14 heavy (non-hydrogen) atoms. The van der Waals surface area contributed by atoms with E-state index >= 15 is 0 Å². The average molecular weight is 213 g/mol. The van der Waals surface area contributed by atoms with Crippen LogP contribution in [0.2, 0.25) is 5.02 Å². The molecule has 2 rings (SSSR count). The molecule has 2 aromatic rings. The lowest BCUT2D eigenvalue weighted by Crippen LogP contribution is -2.10. The minimum Gasteiger partial charge on any atom is -0.375 e. The van der Waals surface area contributed by atoms with Gasteiger partial charge >= 0.3 is 0 Å². The van der Waals surface area contributed by atoms with E-state index in [-0.39, 0.29) is 5.82 Å². The van der Waals surface area contributed by atoms with Crippen LogP contribution in [-0.2, 0) is 0 Å². The highest BCUT2D eigenvalue weighted by Crippen LogP contribution is 2.33. The van der Waals surface area contributed by atoms with E-state index in [1.54, 1.807) is 31.3 Å². The summed E-state index contributed by atoms with van der Waals surface area (Å²) in [5, 5.41) is 1.28. The highest BCUT2D eigenvalue weighted by molar-refractivity contribution is 6.36. The molecule has 0 aliphatic carbocycles. The van der Waals surface area contributed by atoms with E-state index in [0.29, 0.717) is 10.7 Å². The summed E-state index contributed by atoms with van der Waals surface area (Å²) in [6, 6.07) is 3.12. The number of aromatic amines is 1. The highest BCUT2D eigenvalue weighted by atomic mass is 35.5. The van der Waals surface area contributed by atoms with Crippen LogP contribution in [-0.4, -0.2) is 19.1 Å². The summed E-state index contributed by atoms with van der Waals surface area (Å²) < 4.78 is 13.5. The summed E-state index contributed by atoms with van der Waals surface area (Å²) in [4.78, 5) is 4.70. The second-order valence-corrected chi connectivity index (χ2v) is 3.76. The lowest BCUT2D eigenvalue weighted by atomic mass is 10.2. The molecule has 2 nitrogen and oxygen atoms in total. The fraction of sp³-hybridized carbons (Fsp3) is 0.200. The van der Waals surface area contributed by atoms with E-state index in [2.05, 4.69) is 4.98 Å². The molecule has 0 atom stereocenters. The van der Waals surface area contributed by atoms with Crippen molar-refractivity contribution in [2.75, 3.05) is 19.0 Å². The molecule has 1 aromatic carbocycles. The maximum atomic E-state index is 13.5. The van der Waals surface area contributed by atoms with Gasteiger partial charge in [0.15, 0.2) is 0 Å². The second kappa shape index (κ2) is 3.17. The maximum Gasteiger partial charge on any atom is 0.147 e. The van der Waals surface area contributed by atoms with Crippen molar-refractivity contribution in [2.45, 2.75) is 0 Å². The van der Waals surface area contributed by atoms with Crippen LogP contribution in [0.25, 0.3) is 10.9 Å². The maximum absolute atomic E-state index is 13.5. The standard InChI is InChI=1S/C10H10ClFN2/c1-14(2)10-7(12)3-4-8-9(10)6(11)5-13-8/h3-5,13H,1-2H3. The van der Waals surface area contributed by atoms with Crippen LogP contribution in [0.3, 0.4) is 0 Å². The number of fused-ring (bicyclic) bond motifs is 1. The quantitative estimate of drug-likeness (QED) is 0.770. The molecule has 0 saturated heterocycles. The molecule has 1 heterocycles. The third-order valence-electron chi connectivity index (χ3n) is 2.17. The number of H-pyrrole nitrogens is 1. The molecule has 0 amide bonds. The first-order chi connectivity index (χ1) is 6.61. The number of halogens is 2. The molecular formula is C10H10ClFN2. The normalized spacial score (nSPS) is 10.9. The first-order valence-electron chi connectivity index (χ1n) is 4.23. The van der Waals surface area contributed by atoms with Gasteiger partial charge < -0.3 is 9.88 Å². The van der Waals surface area contributed by atoms with Gasteiger partial charge in [0.05, 0.1) is 10.7 Å². The van der Waals surface area contributed by atoms with E-state index in [4.69, 9.17) is 11.6 Å². The zero-order chi connectivity index (χ0) is 10.3. The molecule has 4 heteroatoms. The van der Waals surface area contributed by atoms with Crippen molar-refractivity contribution >= 4 is 28.2 Å². The molecule has 0 bridgehead atoms. The van der Waals surface area contributed by atoms with Crippen molar-refractivity contribution in [2.24, 2.45) is 0 Å². The van der Waals surface area contributed by atoms with Gasteiger partial charge in [-0.15, -0.1) is 0 Å². The predicted octanol–water partition coefficient (Wildman–Crippen LogP) is 3.03. The Balaban J connectivity index is 2.87. The van der Waals surface area contributed by atoms with Crippen LogP contribution in [0.1, 0.15) is 0 Å². The lowest BCUT2D eigenvalue weighted by Gasteiger charge is -2.14. The average Bonchev–Trinajstić information content (AvgIpc) is 2.47. The third kappa shape index (κ3) is 1.24. The Hall–Kier alpha value is -1.22. The molecule has 0 fully saturated rings. The van der Waals surface area contributed by atoms with Crippen LogP contribution in [0, 0.1) is 5.82 Å². The molecule has 0 unspecified atom stereocenters. The highest BCUT2D eigenvalue weighted by Gasteiger charge is 2.13. The molecule has 74 valence electrons. The van der Waals surface area contributed by atoms with Gasteiger partial charge in [0.2, 0.25) is 0 Å². The van der Waals surface area contributed by atoms with Crippen LogP contribution in [0.5, 0.6) is 0 Å². The van der Waals surface area contributed by atoms with Crippen LogP contribution >= 0.6 is 11.6 Å². The van der Waals surface area contributed by atoms with E-state index in [9.17, 15) is 4.39 Å². The smallest absolute Gasteiger partial charge is 0.147 e. The fourth-order valence-corrected chi connectivity index (χ4v) is 1.82. The Labute approximate surface area is 86.3 Å². The minimum atomic E-state index is -0.260. The largest absolute Gasteiger partial charge is 0.375 e. The number of nitrogens with one attached hydrogen (secondary N) is 1. The van der Waals surface area contributed by atoms with Gasteiger partial charge in [0.1, 0.15) is 5.82 Å². The number of rotatable bonds is 1. The number of hydrogen-bond acceptors (Lipinski definition) is 1. The Bertz CT molecular complexity index is 476. The van der Waals surface area contributed by atoms with Gasteiger partial charge in [-0.3, -0.25) is 0 Å². The zero-order valence-corrected chi connectivity index (χ0v) is 8.69. The number of anilines is 1. The monoisotopic (exact) mass is 212 g/mol. The Morgan fingerprint density at radius 3 is 2.71 bits per heavy atom.